The minimum absolute atomic E-state index is 0.00388. The number of hydrogen-bond donors (Lipinski definition) is 0. The normalized spacial score (nSPS) is 20.2. The van der Waals surface area contributed by atoms with Crippen LogP contribution >= 0.6 is 0 Å². The van der Waals surface area contributed by atoms with Gasteiger partial charge >= 0.3 is 0 Å². The number of likely N-dealkylation sites (tertiary alicyclic amines) is 1. The van der Waals surface area contributed by atoms with Gasteiger partial charge in [0, 0.05) is 49.6 Å². The number of hydrogen-bond acceptors (Lipinski definition) is 6. The van der Waals surface area contributed by atoms with Crippen molar-refractivity contribution >= 4 is 11.7 Å². The standard InChI is InChI=1S/C23H24N6O2/c1-16-7-10-22(30)29(26-16)15-23(31)28-13-18-11-27(12-19(18)14-28)21-9-8-20(24-25-21)17-5-3-2-4-6-17/h2-10,18-19H,11-15H2,1H3. The fourth-order valence-electron chi connectivity index (χ4n) is 4.53. The minimum Gasteiger partial charge on any atom is -0.354 e. The quantitative estimate of drug-likeness (QED) is 0.642. The van der Waals surface area contributed by atoms with E-state index in [1.54, 1.807) is 6.07 Å². The molecule has 3 aromatic rings. The van der Waals surface area contributed by atoms with Gasteiger partial charge in [-0.15, -0.1) is 10.2 Å². The van der Waals surface area contributed by atoms with E-state index < -0.39 is 0 Å². The van der Waals surface area contributed by atoms with Crippen molar-refractivity contribution in [1.82, 2.24) is 24.9 Å². The number of aryl methyl sites for hydroxylation is 1. The van der Waals surface area contributed by atoms with Gasteiger partial charge < -0.3 is 9.80 Å². The summed E-state index contributed by atoms with van der Waals surface area (Å²) in [7, 11) is 0. The van der Waals surface area contributed by atoms with Crippen LogP contribution in [0.5, 0.6) is 0 Å². The first-order valence-corrected chi connectivity index (χ1v) is 10.5. The first kappa shape index (κ1) is 19.4. The van der Waals surface area contributed by atoms with Crippen LogP contribution in [0.4, 0.5) is 5.82 Å². The van der Waals surface area contributed by atoms with Crippen LogP contribution in [0.1, 0.15) is 5.69 Å². The number of anilines is 1. The van der Waals surface area contributed by atoms with Gasteiger partial charge in [-0.05, 0) is 25.1 Å². The van der Waals surface area contributed by atoms with Crippen molar-refractivity contribution in [2.75, 3.05) is 31.1 Å². The molecule has 4 heterocycles. The molecule has 0 saturated carbocycles. The number of amides is 1. The summed E-state index contributed by atoms with van der Waals surface area (Å²) in [5.74, 6) is 1.64. The molecule has 2 fully saturated rings. The van der Waals surface area contributed by atoms with E-state index in [0.717, 1.165) is 35.9 Å². The molecule has 0 bridgehead atoms. The number of fused-ring (bicyclic) bond motifs is 1. The zero-order valence-electron chi connectivity index (χ0n) is 17.4. The molecule has 0 aliphatic carbocycles. The topological polar surface area (TPSA) is 84.2 Å². The maximum absolute atomic E-state index is 12.7. The van der Waals surface area contributed by atoms with Crippen molar-refractivity contribution in [3.8, 4) is 11.3 Å². The van der Waals surface area contributed by atoms with E-state index in [-0.39, 0.29) is 18.0 Å². The van der Waals surface area contributed by atoms with Crippen LogP contribution in [0.2, 0.25) is 0 Å². The van der Waals surface area contributed by atoms with Crippen LogP contribution in [0.15, 0.2) is 59.4 Å². The molecule has 31 heavy (non-hydrogen) atoms. The fourth-order valence-corrected chi connectivity index (χ4v) is 4.53. The number of rotatable bonds is 4. The van der Waals surface area contributed by atoms with E-state index in [1.165, 1.54) is 10.7 Å². The third-order valence-electron chi connectivity index (χ3n) is 6.17. The molecule has 2 aliphatic rings. The van der Waals surface area contributed by atoms with Crippen molar-refractivity contribution in [2.24, 2.45) is 11.8 Å². The summed E-state index contributed by atoms with van der Waals surface area (Å²) in [6.07, 6.45) is 0. The van der Waals surface area contributed by atoms with Gasteiger partial charge in [-0.3, -0.25) is 9.59 Å². The van der Waals surface area contributed by atoms with Gasteiger partial charge in [-0.25, -0.2) is 4.68 Å². The van der Waals surface area contributed by atoms with Gasteiger partial charge in [0.25, 0.3) is 5.56 Å². The molecular formula is C23H24N6O2. The average molecular weight is 416 g/mol. The van der Waals surface area contributed by atoms with Crippen LogP contribution in [0, 0.1) is 18.8 Å². The lowest BCUT2D eigenvalue weighted by Crippen LogP contribution is -2.38. The van der Waals surface area contributed by atoms with Crippen LogP contribution in [0.3, 0.4) is 0 Å². The molecule has 5 rings (SSSR count). The Bertz CT molecular complexity index is 1130. The highest BCUT2D eigenvalue weighted by Gasteiger charge is 2.42. The van der Waals surface area contributed by atoms with Crippen LogP contribution in [0.25, 0.3) is 11.3 Å². The Balaban J connectivity index is 1.20. The SMILES string of the molecule is Cc1ccc(=O)n(CC(=O)N2CC3CN(c4ccc(-c5ccccc5)nn4)CC3C2)n1. The number of carbonyl (C=O) groups excluding carboxylic acids is 1. The second kappa shape index (κ2) is 7.94. The van der Waals surface area contributed by atoms with Crippen LogP contribution in [-0.2, 0) is 11.3 Å². The number of benzene rings is 1. The third kappa shape index (κ3) is 3.93. The summed E-state index contributed by atoms with van der Waals surface area (Å²) >= 11 is 0. The number of aromatic nitrogens is 4. The molecule has 158 valence electrons. The van der Waals surface area contributed by atoms with E-state index in [4.69, 9.17) is 0 Å². The summed E-state index contributed by atoms with van der Waals surface area (Å²) in [4.78, 5) is 28.8. The second-order valence-electron chi connectivity index (χ2n) is 8.34. The minimum atomic E-state index is -0.248. The molecule has 2 unspecified atom stereocenters. The average Bonchev–Trinajstić information content (AvgIpc) is 3.37. The monoisotopic (exact) mass is 416 g/mol. The van der Waals surface area contributed by atoms with E-state index >= 15 is 0 Å². The van der Waals surface area contributed by atoms with Crippen molar-refractivity contribution in [1.29, 1.82) is 0 Å². The van der Waals surface area contributed by atoms with Crippen molar-refractivity contribution in [2.45, 2.75) is 13.5 Å². The molecule has 2 atom stereocenters. The van der Waals surface area contributed by atoms with Gasteiger partial charge in [0.05, 0.1) is 11.4 Å². The Morgan fingerprint density at radius 1 is 0.935 bits per heavy atom. The highest BCUT2D eigenvalue weighted by molar-refractivity contribution is 5.76. The van der Waals surface area contributed by atoms with Crippen molar-refractivity contribution < 1.29 is 4.79 Å². The molecule has 0 radical (unpaired) electrons. The maximum Gasteiger partial charge on any atom is 0.267 e. The van der Waals surface area contributed by atoms with E-state index in [0.29, 0.717) is 24.9 Å². The Hall–Kier alpha value is -3.55. The Morgan fingerprint density at radius 3 is 2.35 bits per heavy atom. The highest BCUT2D eigenvalue weighted by atomic mass is 16.2. The lowest BCUT2D eigenvalue weighted by Gasteiger charge is -2.22. The van der Waals surface area contributed by atoms with Gasteiger partial charge in [-0.2, -0.15) is 5.10 Å². The molecule has 2 aromatic heterocycles. The van der Waals surface area contributed by atoms with Crippen LogP contribution < -0.4 is 10.5 Å². The summed E-state index contributed by atoms with van der Waals surface area (Å²) in [6.45, 7) is 4.93. The lowest BCUT2D eigenvalue weighted by molar-refractivity contribution is -0.131. The maximum atomic E-state index is 12.7. The van der Waals surface area contributed by atoms with Crippen molar-refractivity contribution in [3.05, 3.63) is 70.6 Å². The summed E-state index contributed by atoms with van der Waals surface area (Å²) in [5.41, 5.74) is 2.39. The molecule has 2 aliphatic heterocycles. The first-order chi connectivity index (χ1) is 15.1. The zero-order valence-corrected chi connectivity index (χ0v) is 17.4. The Kier molecular flexibility index (Phi) is 4.97. The smallest absolute Gasteiger partial charge is 0.267 e. The zero-order chi connectivity index (χ0) is 21.4. The molecule has 1 amide bonds. The predicted molar refractivity (Wildman–Crippen MR) is 116 cm³/mol. The molecule has 0 spiro atoms. The van der Waals surface area contributed by atoms with E-state index in [9.17, 15) is 9.59 Å². The largest absolute Gasteiger partial charge is 0.354 e. The molecular weight excluding hydrogens is 392 g/mol. The molecule has 8 nitrogen and oxygen atoms in total. The Labute approximate surface area is 180 Å². The predicted octanol–water partition coefficient (Wildman–Crippen LogP) is 1.60. The molecule has 0 N–H and O–H groups in total. The van der Waals surface area contributed by atoms with Crippen molar-refractivity contribution in [3.63, 3.8) is 0 Å². The summed E-state index contributed by atoms with van der Waals surface area (Å²) in [6, 6.07) is 17.2. The highest BCUT2D eigenvalue weighted by Crippen LogP contribution is 2.33. The van der Waals surface area contributed by atoms with Gasteiger partial charge in [-0.1, -0.05) is 30.3 Å². The van der Waals surface area contributed by atoms with Gasteiger partial charge in [0.1, 0.15) is 6.54 Å². The molecule has 1 aromatic carbocycles. The number of carbonyl (C=O) groups is 1. The third-order valence-corrected chi connectivity index (χ3v) is 6.17. The summed E-state index contributed by atoms with van der Waals surface area (Å²) in [5, 5.41) is 13.0. The molecule has 2 saturated heterocycles. The fraction of sp³-hybridized carbons (Fsp3) is 0.348. The first-order valence-electron chi connectivity index (χ1n) is 10.5. The van der Waals surface area contributed by atoms with E-state index in [2.05, 4.69) is 20.2 Å². The van der Waals surface area contributed by atoms with Gasteiger partial charge in [0.2, 0.25) is 5.91 Å². The van der Waals surface area contributed by atoms with E-state index in [1.807, 2.05) is 54.3 Å². The lowest BCUT2D eigenvalue weighted by atomic mass is 10.0. The Morgan fingerprint density at radius 2 is 1.68 bits per heavy atom. The second-order valence-corrected chi connectivity index (χ2v) is 8.34. The molecule has 8 heteroatoms. The number of nitrogens with zero attached hydrogens (tertiary/aromatic N) is 6. The summed E-state index contributed by atoms with van der Waals surface area (Å²) < 4.78 is 1.25. The van der Waals surface area contributed by atoms with Crippen LogP contribution in [-0.4, -0.2) is 57.0 Å². The van der Waals surface area contributed by atoms with Gasteiger partial charge in [0.15, 0.2) is 5.82 Å².